The van der Waals surface area contributed by atoms with Crippen LogP contribution in [0.4, 0.5) is 5.69 Å². The lowest BCUT2D eigenvalue weighted by atomic mass is 9.71. The number of fused-ring (bicyclic) bond motifs is 2. The Bertz CT molecular complexity index is 801. The molecule has 0 saturated carbocycles. The maximum atomic E-state index is 12.2. The largest absolute Gasteiger partial charge is 0.397 e. The Morgan fingerprint density at radius 3 is 2.96 bits per heavy atom. The van der Waals surface area contributed by atoms with E-state index in [0.29, 0.717) is 28.4 Å². The summed E-state index contributed by atoms with van der Waals surface area (Å²) in [6.45, 7) is 11.0. The molecule has 2 aromatic rings. The predicted octanol–water partition coefficient (Wildman–Crippen LogP) is 3.95. The number of nitrogens with zero attached hydrogens (tertiary/aromatic N) is 1. The van der Waals surface area contributed by atoms with Gasteiger partial charge in [-0.3, -0.25) is 4.79 Å². The van der Waals surface area contributed by atoms with Crippen LogP contribution in [0.2, 0.25) is 0 Å². The van der Waals surface area contributed by atoms with Crippen LogP contribution in [0.25, 0.3) is 10.2 Å². The summed E-state index contributed by atoms with van der Waals surface area (Å²) in [5, 5.41) is 3.71. The molecule has 5 heteroatoms. The highest BCUT2D eigenvalue weighted by molar-refractivity contribution is 7.21. The van der Waals surface area contributed by atoms with Crippen LogP contribution in [0, 0.1) is 11.3 Å². The van der Waals surface area contributed by atoms with Crippen LogP contribution in [-0.2, 0) is 12.8 Å². The molecule has 3 rings (SSSR count). The summed E-state index contributed by atoms with van der Waals surface area (Å²) in [7, 11) is 0. The average molecular weight is 343 g/mol. The van der Waals surface area contributed by atoms with E-state index < -0.39 is 0 Å². The summed E-state index contributed by atoms with van der Waals surface area (Å²) in [4.78, 5) is 18.5. The Labute approximate surface area is 147 Å². The van der Waals surface area contributed by atoms with Gasteiger partial charge in [0.15, 0.2) is 0 Å². The second-order valence-corrected chi connectivity index (χ2v) is 8.60. The molecule has 0 aliphatic heterocycles. The van der Waals surface area contributed by atoms with Crippen molar-refractivity contribution in [3.8, 4) is 0 Å². The number of aromatic nitrogens is 1. The smallest absolute Gasteiger partial charge is 0.263 e. The highest BCUT2D eigenvalue weighted by atomic mass is 32.1. The summed E-state index contributed by atoms with van der Waals surface area (Å²) in [5.74, 6) is 0.500. The monoisotopic (exact) mass is 343 g/mol. The first-order valence-electron chi connectivity index (χ1n) is 8.41. The minimum absolute atomic E-state index is 0.152. The average Bonchev–Trinajstić information content (AvgIpc) is 2.85. The zero-order valence-electron chi connectivity index (χ0n) is 14.6. The van der Waals surface area contributed by atoms with Crippen molar-refractivity contribution in [2.24, 2.45) is 11.3 Å². The van der Waals surface area contributed by atoms with Crippen molar-refractivity contribution >= 4 is 33.1 Å². The van der Waals surface area contributed by atoms with Gasteiger partial charge >= 0.3 is 0 Å². The van der Waals surface area contributed by atoms with Gasteiger partial charge in [-0.2, -0.15) is 0 Å². The van der Waals surface area contributed by atoms with E-state index >= 15 is 0 Å². The van der Waals surface area contributed by atoms with Crippen molar-refractivity contribution in [2.45, 2.75) is 40.0 Å². The maximum Gasteiger partial charge on any atom is 0.263 e. The van der Waals surface area contributed by atoms with E-state index in [4.69, 9.17) is 10.7 Å². The van der Waals surface area contributed by atoms with E-state index in [1.807, 2.05) is 0 Å². The fraction of sp³-hybridized carbons (Fsp3) is 0.474. The van der Waals surface area contributed by atoms with Crippen LogP contribution in [0.15, 0.2) is 18.7 Å². The quantitative estimate of drug-likeness (QED) is 0.829. The molecule has 0 bridgehead atoms. The Balaban J connectivity index is 1.98. The molecule has 1 atom stereocenters. The van der Waals surface area contributed by atoms with Gasteiger partial charge in [0.05, 0.1) is 5.69 Å². The number of pyridine rings is 1. The third-order valence-corrected chi connectivity index (χ3v) is 6.04. The molecule has 0 spiro atoms. The molecule has 128 valence electrons. The number of hydrogen-bond donors (Lipinski definition) is 2. The molecule has 0 aromatic carbocycles. The van der Waals surface area contributed by atoms with Crippen molar-refractivity contribution in [1.82, 2.24) is 10.3 Å². The van der Waals surface area contributed by atoms with Crippen molar-refractivity contribution < 1.29 is 4.79 Å². The van der Waals surface area contributed by atoms with E-state index in [1.54, 1.807) is 6.08 Å². The van der Waals surface area contributed by atoms with Crippen LogP contribution in [-0.4, -0.2) is 17.4 Å². The van der Waals surface area contributed by atoms with Gasteiger partial charge in [-0.1, -0.05) is 26.8 Å². The molecule has 1 amide bonds. The Kier molecular flexibility index (Phi) is 4.38. The van der Waals surface area contributed by atoms with Gasteiger partial charge in [0.25, 0.3) is 5.91 Å². The molecular formula is C19H25N3OS. The van der Waals surface area contributed by atoms with Crippen LogP contribution < -0.4 is 11.1 Å². The maximum absolute atomic E-state index is 12.2. The first-order valence-corrected chi connectivity index (χ1v) is 9.22. The minimum atomic E-state index is -0.152. The SMILES string of the molecule is C=CCNC(=O)c1sc2nc3c(cc2c1N)CC(C(C)(C)C)CC3. The van der Waals surface area contributed by atoms with Crippen LogP contribution in [0.3, 0.4) is 0 Å². The first-order chi connectivity index (χ1) is 11.3. The molecule has 3 N–H and O–H groups in total. The van der Waals surface area contributed by atoms with E-state index in [2.05, 4.69) is 38.7 Å². The summed E-state index contributed by atoms with van der Waals surface area (Å²) >= 11 is 1.38. The Morgan fingerprint density at radius 1 is 1.54 bits per heavy atom. The van der Waals surface area contributed by atoms with E-state index in [9.17, 15) is 4.79 Å². The number of nitrogen functional groups attached to an aromatic ring is 1. The zero-order valence-corrected chi connectivity index (χ0v) is 15.4. The zero-order chi connectivity index (χ0) is 17.5. The van der Waals surface area contributed by atoms with E-state index in [-0.39, 0.29) is 5.91 Å². The molecule has 0 saturated heterocycles. The number of aryl methyl sites for hydroxylation is 1. The normalized spacial score (nSPS) is 17.5. The number of carbonyl (C=O) groups excluding carboxylic acids is 1. The molecule has 0 fully saturated rings. The van der Waals surface area contributed by atoms with Gasteiger partial charge in [-0.05, 0) is 42.2 Å². The lowest BCUT2D eigenvalue weighted by molar-refractivity contribution is 0.0963. The fourth-order valence-electron chi connectivity index (χ4n) is 3.34. The minimum Gasteiger partial charge on any atom is -0.397 e. The topological polar surface area (TPSA) is 68.0 Å². The Hall–Kier alpha value is -1.88. The van der Waals surface area contributed by atoms with Gasteiger partial charge in [-0.25, -0.2) is 4.98 Å². The molecule has 2 heterocycles. The molecule has 0 radical (unpaired) electrons. The highest BCUT2D eigenvalue weighted by Gasteiger charge is 2.30. The Morgan fingerprint density at radius 2 is 2.29 bits per heavy atom. The van der Waals surface area contributed by atoms with Crippen molar-refractivity contribution in [1.29, 1.82) is 0 Å². The number of nitrogens with two attached hydrogens (primary N) is 1. The number of amides is 1. The molecule has 24 heavy (non-hydrogen) atoms. The number of rotatable bonds is 3. The summed E-state index contributed by atoms with van der Waals surface area (Å²) in [5.41, 5.74) is 9.55. The van der Waals surface area contributed by atoms with Crippen molar-refractivity contribution in [3.63, 3.8) is 0 Å². The van der Waals surface area contributed by atoms with Crippen LogP contribution in [0.5, 0.6) is 0 Å². The molecular weight excluding hydrogens is 318 g/mol. The van der Waals surface area contributed by atoms with E-state index in [0.717, 1.165) is 23.1 Å². The lowest BCUT2D eigenvalue weighted by Crippen LogP contribution is -2.27. The predicted molar refractivity (Wildman–Crippen MR) is 102 cm³/mol. The van der Waals surface area contributed by atoms with E-state index in [1.165, 1.54) is 29.0 Å². The van der Waals surface area contributed by atoms with Gasteiger partial charge in [0.2, 0.25) is 0 Å². The summed E-state index contributed by atoms with van der Waals surface area (Å²) < 4.78 is 0. The number of anilines is 1. The molecule has 1 aliphatic rings. The highest BCUT2D eigenvalue weighted by Crippen LogP contribution is 2.40. The molecule has 1 aliphatic carbocycles. The van der Waals surface area contributed by atoms with Crippen LogP contribution in [0.1, 0.15) is 48.1 Å². The number of thiophene rings is 1. The number of carbonyl (C=O) groups is 1. The first kappa shape index (κ1) is 17.0. The van der Waals surface area contributed by atoms with Gasteiger partial charge in [-0.15, -0.1) is 17.9 Å². The van der Waals surface area contributed by atoms with Gasteiger partial charge in [0.1, 0.15) is 9.71 Å². The van der Waals surface area contributed by atoms with Crippen molar-refractivity contribution in [2.75, 3.05) is 12.3 Å². The van der Waals surface area contributed by atoms with Gasteiger partial charge < -0.3 is 11.1 Å². The number of nitrogens with one attached hydrogen (secondary N) is 1. The van der Waals surface area contributed by atoms with Crippen LogP contribution >= 0.6 is 11.3 Å². The third kappa shape index (κ3) is 3.05. The standard InChI is InChI=1S/C19H25N3OS/c1-5-8-21-17(23)16-15(20)13-10-11-9-12(19(2,3)4)6-7-14(11)22-18(13)24-16/h5,10,12H,1,6-9,20H2,2-4H3,(H,21,23). The second-order valence-electron chi connectivity index (χ2n) is 7.60. The summed E-state index contributed by atoms with van der Waals surface area (Å²) in [6.07, 6.45) is 4.87. The molecule has 2 aromatic heterocycles. The fourth-order valence-corrected chi connectivity index (χ4v) is 4.36. The summed E-state index contributed by atoms with van der Waals surface area (Å²) in [6, 6.07) is 2.16. The van der Waals surface area contributed by atoms with Gasteiger partial charge in [0, 0.05) is 17.6 Å². The third-order valence-electron chi connectivity index (χ3n) is 4.92. The number of hydrogen-bond acceptors (Lipinski definition) is 4. The molecule has 4 nitrogen and oxygen atoms in total. The second kappa shape index (κ2) is 6.20. The molecule has 1 unspecified atom stereocenters. The van der Waals surface area contributed by atoms with Crippen molar-refractivity contribution in [3.05, 3.63) is 34.9 Å². The lowest BCUT2D eigenvalue weighted by Gasteiger charge is -2.34.